The van der Waals surface area contributed by atoms with Gasteiger partial charge in [0, 0.05) is 36.9 Å². The summed E-state index contributed by atoms with van der Waals surface area (Å²) in [6, 6.07) is 15.6. The summed E-state index contributed by atoms with van der Waals surface area (Å²) in [5, 5.41) is 3.57. The summed E-state index contributed by atoms with van der Waals surface area (Å²) >= 11 is 5.82. The molecule has 0 unspecified atom stereocenters. The highest BCUT2D eigenvalue weighted by molar-refractivity contribution is 7.89. The molecule has 9 heteroatoms. The normalized spacial score (nSPS) is 15.1. The first-order valence-electron chi connectivity index (χ1n) is 8.29. The van der Waals surface area contributed by atoms with E-state index in [2.05, 4.69) is 5.32 Å². The van der Waals surface area contributed by atoms with Gasteiger partial charge in [-0.25, -0.2) is 8.42 Å². The van der Waals surface area contributed by atoms with Crippen molar-refractivity contribution in [2.24, 2.45) is 0 Å². The quantitative estimate of drug-likeness (QED) is 0.792. The lowest BCUT2D eigenvalue weighted by molar-refractivity contribution is -0.130. The lowest BCUT2D eigenvalue weighted by Crippen LogP contribution is -2.51. The minimum Gasteiger partial charge on any atom is -0.376 e. The molecule has 0 aliphatic carbocycles. The molecule has 1 fully saturated rings. The summed E-state index contributed by atoms with van der Waals surface area (Å²) < 4.78 is 26.7. The molecular formula is C18H21Cl2N3O3S. The monoisotopic (exact) mass is 429 g/mol. The second-order valence-corrected chi connectivity index (χ2v) is 8.33. The van der Waals surface area contributed by atoms with Crippen molar-refractivity contribution < 1.29 is 13.2 Å². The number of rotatable bonds is 5. The van der Waals surface area contributed by atoms with Gasteiger partial charge in [0.2, 0.25) is 15.9 Å². The fourth-order valence-electron chi connectivity index (χ4n) is 2.78. The van der Waals surface area contributed by atoms with E-state index in [1.54, 1.807) is 17.0 Å². The first-order chi connectivity index (χ1) is 12.5. The predicted octanol–water partition coefficient (Wildman–Crippen LogP) is 2.71. The molecule has 146 valence electrons. The standard InChI is InChI=1S/C18H20ClN3O3S.ClH/c19-15-6-8-17(9-7-15)26(24,25)22-12-10-21(11-13-22)18(23)14-20-16-4-2-1-3-5-16;/h1-9,20H,10-14H2;1H. The molecule has 6 nitrogen and oxygen atoms in total. The number of nitrogens with zero attached hydrogens (tertiary/aromatic N) is 2. The van der Waals surface area contributed by atoms with Crippen molar-refractivity contribution in [3.63, 3.8) is 0 Å². The Bertz CT molecular complexity index is 853. The van der Waals surface area contributed by atoms with E-state index >= 15 is 0 Å². The Kier molecular flexibility index (Phi) is 7.49. The SMILES string of the molecule is Cl.O=C(CNc1ccccc1)N1CCN(S(=O)(=O)c2ccc(Cl)cc2)CC1. The molecule has 1 amide bonds. The zero-order chi connectivity index (χ0) is 18.6. The van der Waals surface area contributed by atoms with Gasteiger partial charge >= 0.3 is 0 Å². The van der Waals surface area contributed by atoms with Crippen LogP contribution in [0.15, 0.2) is 59.5 Å². The van der Waals surface area contributed by atoms with Crippen LogP contribution in [0.4, 0.5) is 5.69 Å². The van der Waals surface area contributed by atoms with Gasteiger partial charge in [-0.05, 0) is 36.4 Å². The number of piperazine rings is 1. The molecule has 0 atom stereocenters. The van der Waals surface area contributed by atoms with Crippen LogP contribution in [0.1, 0.15) is 0 Å². The zero-order valence-corrected chi connectivity index (χ0v) is 16.9. The van der Waals surface area contributed by atoms with Gasteiger partial charge in [-0.3, -0.25) is 4.79 Å². The number of benzene rings is 2. The number of carbonyl (C=O) groups is 1. The maximum absolute atomic E-state index is 12.7. The molecule has 3 rings (SSSR count). The van der Waals surface area contributed by atoms with E-state index in [9.17, 15) is 13.2 Å². The molecule has 0 saturated carbocycles. The highest BCUT2D eigenvalue weighted by atomic mass is 35.5. The van der Waals surface area contributed by atoms with Gasteiger partial charge in [-0.1, -0.05) is 29.8 Å². The average molecular weight is 430 g/mol. The third-order valence-electron chi connectivity index (χ3n) is 4.26. The molecule has 1 aliphatic heterocycles. The number of hydrogen-bond acceptors (Lipinski definition) is 4. The molecule has 1 heterocycles. The van der Waals surface area contributed by atoms with E-state index in [1.807, 2.05) is 30.3 Å². The highest BCUT2D eigenvalue weighted by Crippen LogP contribution is 2.20. The van der Waals surface area contributed by atoms with Gasteiger partial charge < -0.3 is 10.2 Å². The van der Waals surface area contributed by atoms with E-state index in [0.29, 0.717) is 18.1 Å². The molecule has 2 aromatic carbocycles. The third kappa shape index (κ3) is 5.35. The van der Waals surface area contributed by atoms with E-state index < -0.39 is 10.0 Å². The van der Waals surface area contributed by atoms with Crippen molar-refractivity contribution in [2.45, 2.75) is 4.90 Å². The van der Waals surface area contributed by atoms with Crippen LogP contribution in [-0.2, 0) is 14.8 Å². The van der Waals surface area contributed by atoms with Crippen molar-refractivity contribution in [2.75, 3.05) is 38.0 Å². The van der Waals surface area contributed by atoms with Crippen molar-refractivity contribution in [3.8, 4) is 0 Å². The topological polar surface area (TPSA) is 69.7 Å². The number of amides is 1. The van der Waals surface area contributed by atoms with E-state index in [0.717, 1.165) is 5.69 Å². The van der Waals surface area contributed by atoms with Crippen LogP contribution in [-0.4, -0.2) is 56.3 Å². The third-order valence-corrected chi connectivity index (χ3v) is 6.43. The van der Waals surface area contributed by atoms with Crippen LogP contribution in [0.3, 0.4) is 0 Å². The van der Waals surface area contributed by atoms with Gasteiger partial charge in [0.1, 0.15) is 0 Å². The fraction of sp³-hybridized carbons (Fsp3) is 0.278. The van der Waals surface area contributed by atoms with Crippen molar-refractivity contribution >= 4 is 45.6 Å². The van der Waals surface area contributed by atoms with Crippen LogP contribution >= 0.6 is 24.0 Å². The first kappa shape index (κ1) is 21.5. The molecule has 0 radical (unpaired) electrons. The second kappa shape index (κ2) is 9.41. The van der Waals surface area contributed by atoms with Gasteiger partial charge in [0.05, 0.1) is 11.4 Å². The fourth-order valence-corrected chi connectivity index (χ4v) is 4.33. The van der Waals surface area contributed by atoms with Gasteiger partial charge in [0.25, 0.3) is 0 Å². The summed E-state index contributed by atoms with van der Waals surface area (Å²) in [6.45, 7) is 1.50. The van der Waals surface area contributed by atoms with Crippen LogP contribution in [0, 0.1) is 0 Å². The number of halogens is 2. The maximum atomic E-state index is 12.7. The predicted molar refractivity (Wildman–Crippen MR) is 109 cm³/mol. The number of anilines is 1. The van der Waals surface area contributed by atoms with Crippen LogP contribution in [0.5, 0.6) is 0 Å². The van der Waals surface area contributed by atoms with Crippen molar-refractivity contribution in [1.29, 1.82) is 0 Å². The molecule has 2 aromatic rings. The van der Waals surface area contributed by atoms with Crippen LogP contribution in [0.2, 0.25) is 5.02 Å². The Hall–Kier alpha value is -1.80. The molecule has 27 heavy (non-hydrogen) atoms. The van der Waals surface area contributed by atoms with Crippen molar-refractivity contribution in [1.82, 2.24) is 9.21 Å². The molecule has 0 spiro atoms. The number of hydrogen-bond donors (Lipinski definition) is 1. The maximum Gasteiger partial charge on any atom is 0.243 e. The summed E-state index contributed by atoms with van der Waals surface area (Å²) in [5.41, 5.74) is 0.879. The number of nitrogens with one attached hydrogen (secondary N) is 1. The Balaban J connectivity index is 0.00000261. The molecule has 0 aromatic heterocycles. The first-order valence-corrected chi connectivity index (χ1v) is 10.1. The molecule has 1 N–H and O–H groups in total. The smallest absolute Gasteiger partial charge is 0.243 e. The Morgan fingerprint density at radius 3 is 2.15 bits per heavy atom. The van der Waals surface area contributed by atoms with E-state index in [1.165, 1.54) is 16.4 Å². The Morgan fingerprint density at radius 1 is 0.963 bits per heavy atom. The molecule has 1 saturated heterocycles. The minimum absolute atomic E-state index is 0. The summed E-state index contributed by atoms with van der Waals surface area (Å²) in [5.74, 6) is -0.0441. The van der Waals surface area contributed by atoms with E-state index in [-0.39, 0.29) is 42.8 Å². The largest absolute Gasteiger partial charge is 0.376 e. The van der Waals surface area contributed by atoms with Crippen LogP contribution < -0.4 is 5.32 Å². The number of carbonyl (C=O) groups excluding carboxylic acids is 1. The van der Waals surface area contributed by atoms with Crippen molar-refractivity contribution in [3.05, 3.63) is 59.6 Å². The summed E-state index contributed by atoms with van der Waals surface area (Å²) in [7, 11) is -3.56. The van der Waals surface area contributed by atoms with Gasteiger partial charge in [0.15, 0.2) is 0 Å². The van der Waals surface area contributed by atoms with Crippen LogP contribution in [0.25, 0.3) is 0 Å². The average Bonchev–Trinajstić information content (AvgIpc) is 2.67. The van der Waals surface area contributed by atoms with Gasteiger partial charge in [-0.15, -0.1) is 12.4 Å². The Labute approximate surface area is 170 Å². The number of sulfonamides is 1. The van der Waals surface area contributed by atoms with E-state index in [4.69, 9.17) is 11.6 Å². The molecular weight excluding hydrogens is 409 g/mol. The Morgan fingerprint density at radius 2 is 1.56 bits per heavy atom. The number of para-hydroxylation sites is 1. The van der Waals surface area contributed by atoms with Gasteiger partial charge in [-0.2, -0.15) is 4.31 Å². The highest BCUT2D eigenvalue weighted by Gasteiger charge is 2.29. The molecule has 1 aliphatic rings. The second-order valence-electron chi connectivity index (χ2n) is 5.96. The zero-order valence-electron chi connectivity index (χ0n) is 14.5. The minimum atomic E-state index is -3.56. The lowest BCUT2D eigenvalue weighted by atomic mass is 10.3. The lowest BCUT2D eigenvalue weighted by Gasteiger charge is -2.34. The summed E-state index contributed by atoms with van der Waals surface area (Å²) in [6.07, 6.45) is 0. The molecule has 0 bridgehead atoms. The summed E-state index contributed by atoms with van der Waals surface area (Å²) in [4.78, 5) is 14.2.